The molecule has 1 aliphatic rings. The van der Waals surface area contributed by atoms with Gasteiger partial charge in [0.05, 0.1) is 12.0 Å². The molecule has 1 saturated heterocycles. The summed E-state index contributed by atoms with van der Waals surface area (Å²) in [7, 11) is 0. The standard InChI is InChI=1S/C13H24O2/c1-3-4-5-6-7-8-9-12-10-11(2)15-13(12)14/h11-12H,3-10H2,1-2H3/t11-,12+/m0/s1. The number of ether oxygens (including phenoxy) is 1. The smallest absolute Gasteiger partial charge is 0.309 e. The maximum Gasteiger partial charge on any atom is 0.309 e. The summed E-state index contributed by atoms with van der Waals surface area (Å²) in [5.74, 6) is 0.238. The van der Waals surface area contributed by atoms with Gasteiger partial charge >= 0.3 is 5.97 Å². The number of rotatable bonds is 7. The van der Waals surface area contributed by atoms with Gasteiger partial charge in [0.15, 0.2) is 0 Å². The molecule has 0 spiro atoms. The summed E-state index contributed by atoms with van der Waals surface area (Å²) < 4.78 is 5.13. The highest BCUT2D eigenvalue weighted by Gasteiger charge is 2.30. The Labute approximate surface area is 93.4 Å². The number of hydrogen-bond donors (Lipinski definition) is 0. The van der Waals surface area contributed by atoms with Crippen LogP contribution in [0.2, 0.25) is 0 Å². The van der Waals surface area contributed by atoms with Crippen LogP contribution >= 0.6 is 0 Å². The molecule has 0 bridgehead atoms. The predicted octanol–water partition coefficient (Wildman–Crippen LogP) is 3.69. The van der Waals surface area contributed by atoms with Gasteiger partial charge in [-0.25, -0.2) is 0 Å². The number of carbonyl (C=O) groups is 1. The minimum absolute atomic E-state index is 0.0380. The zero-order valence-electron chi connectivity index (χ0n) is 10.1. The minimum Gasteiger partial charge on any atom is -0.462 e. The fourth-order valence-electron chi connectivity index (χ4n) is 2.25. The highest BCUT2D eigenvalue weighted by molar-refractivity contribution is 5.74. The molecule has 0 aliphatic carbocycles. The first kappa shape index (κ1) is 12.5. The molecular weight excluding hydrogens is 188 g/mol. The van der Waals surface area contributed by atoms with Crippen molar-refractivity contribution in [1.82, 2.24) is 0 Å². The van der Waals surface area contributed by atoms with Gasteiger partial charge in [-0.1, -0.05) is 45.4 Å². The van der Waals surface area contributed by atoms with Crippen molar-refractivity contribution in [2.75, 3.05) is 0 Å². The second-order valence-corrected chi connectivity index (χ2v) is 4.74. The average Bonchev–Trinajstić information content (AvgIpc) is 2.51. The van der Waals surface area contributed by atoms with Crippen LogP contribution in [-0.2, 0) is 9.53 Å². The van der Waals surface area contributed by atoms with Crippen LogP contribution < -0.4 is 0 Å². The van der Waals surface area contributed by atoms with Crippen LogP contribution in [0.25, 0.3) is 0 Å². The lowest BCUT2D eigenvalue weighted by molar-refractivity contribution is -0.143. The first-order valence-corrected chi connectivity index (χ1v) is 6.44. The van der Waals surface area contributed by atoms with Crippen molar-refractivity contribution in [1.29, 1.82) is 0 Å². The number of esters is 1. The molecule has 1 rings (SSSR count). The van der Waals surface area contributed by atoms with E-state index >= 15 is 0 Å². The lowest BCUT2D eigenvalue weighted by Crippen LogP contribution is -2.07. The van der Waals surface area contributed by atoms with Gasteiger partial charge in [-0.15, -0.1) is 0 Å². The van der Waals surface area contributed by atoms with Gasteiger partial charge in [0.2, 0.25) is 0 Å². The fraction of sp³-hybridized carbons (Fsp3) is 0.923. The Morgan fingerprint density at radius 2 is 1.87 bits per heavy atom. The van der Waals surface area contributed by atoms with Crippen molar-refractivity contribution in [3.8, 4) is 0 Å². The molecule has 0 aromatic heterocycles. The van der Waals surface area contributed by atoms with E-state index in [4.69, 9.17) is 4.74 Å². The summed E-state index contributed by atoms with van der Waals surface area (Å²) in [4.78, 5) is 11.3. The molecule has 0 unspecified atom stereocenters. The lowest BCUT2D eigenvalue weighted by atomic mass is 9.97. The van der Waals surface area contributed by atoms with Crippen LogP contribution in [0.5, 0.6) is 0 Å². The highest BCUT2D eigenvalue weighted by Crippen LogP contribution is 2.25. The molecular formula is C13H24O2. The normalized spacial score (nSPS) is 25.6. The summed E-state index contributed by atoms with van der Waals surface area (Å²) in [6.07, 6.45) is 9.92. The third kappa shape index (κ3) is 4.67. The zero-order chi connectivity index (χ0) is 11.1. The van der Waals surface area contributed by atoms with Crippen molar-refractivity contribution in [3.05, 3.63) is 0 Å². The summed E-state index contributed by atoms with van der Waals surface area (Å²) in [6, 6.07) is 0. The molecule has 0 saturated carbocycles. The molecule has 0 radical (unpaired) electrons. The average molecular weight is 212 g/mol. The first-order chi connectivity index (χ1) is 7.24. The molecule has 88 valence electrons. The summed E-state index contributed by atoms with van der Waals surface area (Å²) >= 11 is 0. The van der Waals surface area contributed by atoms with E-state index in [-0.39, 0.29) is 18.0 Å². The monoisotopic (exact) mass is 212 g/mol. The maximum atomic E-state index is 11.3. The Balaban J connectivity index is 1.98. The molecule has 2 atom stereocenters. The number of cyclic esters (lactones) is 1. The van der Waals surface area contributed by atoms with Crippen molar-refractivity contribution in [2.45, 2.75) is 71.3 Å². The van der Waals surface area contributed by atoms with Crippen LogP contribution in [-0.4, -0.2) is 12.1 Å². The Kier molecular flexibility index (Phi) is 5.74. The van der Waals surface area contributed by atoms with Crippen molar-refractivity contribution < 1.29 is 9.53 Å². The first-order valence-electron chi connectivity index (χ1n) is 6.44. The molecule has 0 aromatic rings. The number of hydrogen-bond acceptors (Lipinski definition) is 2. The zero-order valence-corrected chi connectivity index (χ0v) is 10.1. The predicted molar refractivity (Wildman–Crippen MR) is 61.7 cm³/mol. The van der Waals surface area contributed by atoms with Gasteiger partial charge in [0.1, 0.15) is 0 Å². The van der Waals surface area contributed by atoms with E-state index < -0.39 is 0 Å². The second-order valence-electron chi connectivity index (χ2n) is 4.74. The molecule has 0 aromatic carbocycles. The lowest BCUT2D eigenvalue weighted by Gasteiger charge is -2.04. The van der Waals surface area contributed by atoms with Crippen LogP contribution in [0.15, 0.2) is 0 Å². The molecule has 1 fully saturated rings. The van der Waals surface area contributed by atoms with Gasteiger partial charge in [0.25, 0.3) is 0 Å². The minimum atomic E-state index is 0.0380. The summed E-state index contributed by atoms with van der Waals surface area (Å²) in [5, 5.41) is 0. The van der Waals surface area contributed by atoms with Crippen LogP contribution in [0.3, 0.4) is 0 Å². The molecule has 1 aliphatic heterocycles. The van der Waals surface area contributed by atoms with Gasteiger partial charge in [-0.2, -0.15) is 0 Å². The third-order valence-electron chi connectivity index (χ3n) is 3.17. The largest absolute Gasteiger partial charge is 0.462 e. The third-order valence-corrected chi connectivity index (χ3v) is 3.17. The molecule has 2 heteroatoms. The number of carbonyl (C=O) groups excluding carboxylic acids is 1. The van der Waals surface area contributed by atoms with Crippen molar-refractivity contribution in [3.63, 3.8) is 0 Å². The van der Waals surface area contributed by atoms with Crippen LogP contribution in [0, 0.1) is 5.92 Å². The second kappa shape index (κ2) is 6.86. The Bertz CT molecular complexity index is 189. The van der Waals surface area contributed by atoms with E-state index in [0.29, 0.717) is 0 Å². The van der Waals surface area contributed by atoms with E-state index in [0.717, 1.165) is 12.8 Å². The Morgan fingerprint density at radius 3 is 2.47 bits per heavy atom. The van der Waals surface area contributed by atoms with Gasteiger partial charge in [-0.05, 0) is 19.8 Å². The molecule has 2 nitrogen and oxygen atoms in total. The van der Waals surface area contributed by atoms with Gasteiger partial charge in [-0.3, -0.25) is 4.79 Å². The van der Waals surface area contributed by atoms with E-state index in [1.807, 2.05) is 6.92 Å². The maximum absolute atomic E-state index is 11.3. The van der Waals surface area contributed by atoms with Crippen LogP contribution in [0.1, 0.15) is 65.2 Å². The van der Waals surface area contributed by atoms with E-state index in [2.05, 4.69) is 6.92 Å². The Morgan fingerprint density at radius 1 is 1.20 bits per heavy atom. The SMILES string of the molecule is CCCCCCCC[C@@H]1C[C@H](C)OC1=O. The molecule has 0 N–H and O–H groups in total. The van der Waals surface area contributed by atoms with Gasteiger partial charge in [0, 0.05) is 0 Å². The van der Waals surface area contributed by atoms with Crippen molar-refractivity contribution >= 4 is 5.97 Å². The van der Waals surface area contributed by atoms with E-state index in [1.54, 1.807) is 0 Å². The van der Waals surface area contributed by atoms with E-state index in [9.17, 15) is 4.79 Å². The summed E-state index contributed by atoms with van der Waals surface area (Å²) in [6.45, 7) is 4.22. The van der Waals surface area contributed by atoms with Gasteiger partial charge < -0.3 is 4.74 Å². The fourth-order valence-corrected chi connectivity index (χ4v) is 2.25. The quantitative estimate of drug-likeness (QED) is 0.475. The number of unbranched alkanes of at least 4 members (excludes halogenated alkanes) is 5. The van der Waals surface area contributed by atoms with Crippen molar-refractivity contribution in [2.24, 2.45) is 5.92 Å². The molecule has 0 amide bonds. The Hall–Kier alpha value is -0.530. The molecule has 1 heterocycles. The molecule has 15 heavy (non-hydrogen) atoms. The highest BCUT2D eigenvalue weighted by atomic mass is 16.5. The van der Waals surface area contributed by atoms with E-state index in [1.165, 1.54) is 38.5 Å². The topological polar surface area (TPSA) is 26.3 Å². The summed E-state index contributed by atoms with van der Waals surface area (Å²) in [5.41, 5.74) is 0. The van der Waals surface area contributed by atoms with Crippen LogP contribution in [0.4, 0.5) is 0 Å².